The number of thiophene rings is 1. The topological polar surface area (TPSA) is 71.0 Å². The first kappa shape index (κ1) is 13.0. The van der Waals surface area contributed by atoms with E-state index >= 15 is 0 Å². The molecule has 0 aliphatic carbocycles. The highest BCUT2D eigenvalue weighted by Gasteiger charge is 2.59. The highest BCUT2D eigenvalue weighted by atomic mass is 32.1. The lowest BCUT2D eigenvalue weighted by Gasteiger charge is -2.28. The molecule has 3 heterocycles. The van der Waals surface area contributed by atoms with Crippen LogP contribution in [0.25, 0.3) is 0 Å². The largest absolute Gasteiger partial charge is 0.433 e. The van der Waals surface area contributed by atoms with Gasteiger partial charge in [0.25, 0.3) is 11.8 Å². The summed E-state index contributed by atoms with van der Waals surface area (Å²) in [4.78, 5) is 25.4. The second-order valence-electron chi connectivity index (χ2n) is 4.96. The molecule has 1 N–H and O–H groups in total. The Morgan fingerprint density at radius 2 is 2.14 bits per heavy atom. The maximum atomic E-state index is 12.6. The molecule has 1 aromatic carbocycles. The normalized spacial score (nSPS) is 22.3. The van der Waals surface area contributed by atoms with Gasteiger partial charge in [-0.2, -0.15) is 5.01 Å². The molecule has 2 aliphatic heterocycles. The second kappa shape index (κ2) is 4.41. The predicted octanol–water partition coefficient (Wildman–Crippen LogP) is 2.09. The van der Waals surface area contributed by atoms with Gasteiger partial charge in [-0.1, -0.05) is 24.3 Å². The van der Waals surface area contributed by atoms with Crippen LogP contribution >= 0.6 is 11.3 Å². The molecule has 7 heteroatoms. The van der Waals surface area contributed by atoms with Crippen LogP contribution in [-0.2, 0) is 20.1 Å². The fraction of sp³-hybridized carbons (Fsp3) is 0.133. The van der Waals surface area contributed by atoms with E-state index in [9.17, 15) is 9.59 Å². The van der Waals surface area contributed by atoms with Crippen molar-refractivity contribution >= 4 is 34.7 Å². The summed E-state index contributed by atoms with van der Waals surface area (Å²) in [6.45, 7) is 1.36. The molecule has 0 saturated carbocycles. The highest BCUT2D eigenvalue weighted by Crippen LogP contribution is 2.45. The van der Waals surface area contributed by atoms with Crippen molar-refractivity contribution in [2.75, 3.05) is 5.32 Å². The van der Waals surface area contributed by atoms with E-state index in [0.29, 0.717) is 11.3 Å². The van der Waals surface area contributed by atoms with Gasteiger partial charge in [-0.25, -0.2) is 0 Å². The smallest absolute Gasteiger partial charge is 0.314 e. The Morgan fingerprint density at radius 3 is 2.86 bits per heavy atom. The number of amides is 2. The van der Waals surface area contributed by atoms with Gasteiger partial charge >= 0.3 is 5.72 Å². The Kier molecular flexibility index (Phi) is 2.61. The van der Waals surface area contributed by atoms with Crippen molar-refractivity contribution in [1.82, 2.24) is 5.01 Å². The van der Waals surface area contributed by atoms with Crippen molar-refractivity contribution in [2.45, 2.75) is 12.6 Å². The number of carbonyl (C=O) groups excluding carboxylic acids is 2. The average Bonchev–Trinajstić information content (AvgIpc) is 3.20. The number of nitrogens with one attached hydrogen (secondary N) is 1. The van der Waals surface area contributed by atoms with E-state index in [-0.39, 0.29) is 11.8 Å². The molecule has 22 heavy (non-hydrogen) atoms. The maximum Gasteiger partial charge on any atom is 0.314 e. The van der Waals surface area contributed by atoms with E-state index in [0.717, 1.165) is 9.89 Å². The van der Waals surface area contributed by atoms with Crippen molar-refractivity contribution in [2.24, 2.45) is 5.10 Å². The van der Waals surface area contributed by atoms with E-state index in [2.05, 4.69) is 10.4 Å². The van der Waals surface area contributed by atoms with Gasteiger partial charge in [-0.05, 0) is 17.5 Å². The number of ether oxygens (including phenoxy) is 1. The van der Waals surface area contributed by atoms with Crippen LogP contribution in [0.3, 0.4) is 0 Å². The van der Waals surface area contributed by atoms with Gasteiger partial charge in [-0.3, -0.25) is 9.59 Å². The number of para-hydroxylation sites is 1. The second-order valence-corrected chi connectivity index (χ2v) is 5.91. The molecule has 1 atom stereocenters. The third kappa shape index (κ3) is 1.57. The molecular weight excluding hydrogens is 302 g/mol. The number of fused-ring (bicyclic) bond motifs is 2. The molecule has 0 unspecified atom stereocenters. The fourth-order valence-electron chi connectivity index (χ4n) is 2.69. The number of hydrazone groups is 1. The van der Waals surface area contributed by atoms with Gasteiger partial charge in [0.15, 0.2) is 0 Å². The molecule has 4 rings (SSSR count). The molecule has 2 aliphatic rings. The van der Waals surface area contributed by atoms with Gasteiger partial charge in [0.1, 0.15) is 0 Å². The molecule has 0 bridgehead atoms. The Labute approximate surface area is 130 Å². The molecule has 0 radical (unpaired) electrons. The lowest BCUT2D eigenvalue weighted by atomic mass is 10.0. The lowest BCUT2D eigenvalue weighted by molar-refractivity contribution is -0.160. The van der Waals surface area contributed by atoms with Crippen LogP contribution in [-0.4, -0.2) is 22.7 Å². The van der Waals surface area contributed by atoms with Crippen LogP contribution < -0.4 is 5.32 Å². The van der Waals surface area contributed by atoms with Gasteiger partial charge < -0.3 is 10.1 Å². The Balaban J connectivity index is 1.89. The van der Waals surface area contributed by atoms with Crippen molar-refractivity contribution in [3.05, 3.63) is 52.2 Å². The van der Waals surface area contributed by atoms with Gasteiger partial charge in [0.05, 0.1) is 16.1 Å². The first-order valence-electron chi connectivity index (χ1n) is 6.66. The Hall–Kier alpha value is -2.67. The number of nitrogens with zero attached hydrogens (tertiary/aromatic N) is 2. The maximum absolute atomic E-state index is 12.6. The molecule has 2 aromatic rings. The molecule has 0 saturated heterocycles. The van der Waals surface area contributed by atoms with Gasteiger partial charge in [0, 0.05) is 6.92 Å². The fourth-order valence-corrected chi connectivity index (χ4v) is 3.33. The summed E-state index contributed by atoms with van der Waals surface area (Å²) in [6, 6.07) is 10.8. The summed E-state index contributed by atoms with van der Waals surface area (Å²) < 4.78 is 5.92. The molecule has 6 nitrogen and oxygen atoms in total. The van der Waals surface area contributed by atoms with Gasteiger partial charge in [0.2, 0.25) is 5.91 Å². The number of benzene rings is 1. The number of rotatable bonds is 1. The summed E-state index contributed by atoms with van der Waals surface area (Å²) in [6.07, 6.45) is 0. The quantitative estimate of drug-likeness (QED) is 0.876. The molecule has 1 spiro atoms. The summed E-state index contributed by atoms with van der Waals surface area (Å²) in [5.41, 5.74) is -0.339. The van der Waals surface area contributed by atoms with Crippen molar-refractivity contribution in [1.29, 1.82) is 0 Å². The molecule has 110 valence electrons. The Morgan fingerprint density at radius 1 is 1.32 bits per heavy atom. The van der Waals surface area contributed by atoms with E-state index in [1.165, 1.54) is 18.3 Å². The molecule has 0 fully saturated rings. The number of hydrogen-bond donors (Lipinski definition) is 1. The summed E-state index contributed by atoms with van der Waals surface area (Å²) in [5, 5.41) is 9.99. The first-order valence-corrected chi connectivity index (χ1v) is 7.54. The summed E-state index contributed by atoms with van der Waals surface area (Å²) in [5.74, 6) is -0.505. The standard InChI is InChI=1S/C15H11N3O3S/c1-9(19)18-15(21-13(17-18)12-7-4-8-22-12)10-5-2-3-6-11(10)16-14(15)20/h2-8H,1H3,(H,16,20)/t15-/m0/s1. The third-order valence-electron chi connectivity index (χ3n) is 3.61. The zero-order valence-corrected chi connectivity index (χ0v) is 12.4. The minimum absolute atomic E-state index is 0.275. The number of carbonyl (C=O) groups is 2. The molecule has 2 amide bonds. The lowest BCUT2D eigenvalue weighted by Crippen LogP contribution is -2.49. The number of hydrogen-bond acceptors (Lipinski definition) is 5. The molecule has 1 aromatic heterocycles. The zero-order valence-electron chi connectivity index (χ0n) is 11.6. The van der Waals surface area contributed by atoms with Crippen LogP contribution in [0.15, 0.2) is 46.9 Å². The highest BCUT2D eigenvalue weighted by molar-refractivity contribution is 7.12. The number of anilines is 1. The van der Waals surface area contributed by atoms with Crippen LogP contribution in [0.4, 0.5) is 5.69 Å². The summed E-state index contributed by atoms with van der Waals surface area (Å²) in [7, 11) is 0. The van der Waals surface area contributed by atoms with Crippen LogP contribution in [0, 0.1) is 0 Å². The molecular formula is C15H11N3O3S. The predicted molar refractivity (Wildman–Crippen MR) is 81.2 cm³/mol. The summed E-state index contributed by atoms with van der Waals surface area (Å²) >= 11 is 1.43. The van der Waals surface area contributed by atoms with Gasteiger partial charge in [-0.15, -0.1) is 16.4 Å². The van der Waals surface area contributed by atoms with Crippen molar-refractivity contribution < 1.29 is 14.3 Å². The Bertz CT molecular complexity index is 815. The first-order chi connectivity index (χ1) is 10.6. The van der Waals surface area contributed by atoms with E-state index in [4.69, 9.17) is 4.74 Å². The zero-order chi connectivity index (χ0) is 15.3. The third-order valence-corrected chi connectivity index (χ3v) is 4.47. The van der Waals surface area contributed by atoms with E-state index in [1.807, 2.05) is 23.6 Å². The van der Waals surface area contributed by atoms with Crippen LogP contribution in [0.1, 0.15) is 17.4 Å². The van der Waals surface area contributed by atoms with Crippen molar-refractivity contribution in [3.8, 4) is 0 Å². The average molecular weight is 313 g/mol. The monoisotopic (exact) mass is 313 g/mol. The minimum Gasteiger partial charge on any atom is -0.433 e. The van der Waals surface area contributed by atoms with E-state index < -0.39 is 11.6 Å². The SMILES string of the molecule is CC(=O)N1N=C(c2cccs2)O[C@@]12C(=O)Nc1ccccc12. The van der Waals surface area contributed by atoms with Crippen molar-refractivity contribution in [3.63, 3.8) is 0 Å². The van der Waals surface area contributed by atoms with E-state index in [1.54, 1.807) is 18.2 Å². The van der Waals surface area contributed by atoms with Crippen LogP contribution in [0.5, 0.6) is 0 Å². The minimum atomic E-state index is -1.55. The van der Waals surface area contributed by atoms with Crippen LogP contribution in [0.2, 0.25) is 0 Å².